The van der Waals surface area contributed by atoms with E-state index in [0.29, 0.717) is 37.6 Å². The Hall–Kier alpha value is -1.86. The Kier molecular flexibility index (Phi) is 4.64. The zero-order chi connectivity index (χ0) is 17.3. The van der Waals surface area contributed by atoms with Crippen LogP contribution in [0, 0.1) is 0 Å². The predicted molar refractivity (Wildman–Crippen MR) is 90.8 cm³/mol. The van der Waals surface area contributed by atoms with Gasteiger partial charge in [-0.3, -0.25) is 4.79 Å². The first kappa shape index (κ1) is 17.0. The van der Waals surface area contributed by atoms with Gasteiger partial charge in [-0.05, 0) is 19.4 Å². The van der Waals surface area contributed by atoms with Crippen LogP contribution in [0.5, 0.6) is 0 Å². The lowest BCUT2D eigenvalue weighted by Crippen LogP contribution is -2.42. The van der Waals surface area contributed by atoms with E-state index in [1.807, 2.05) is 13.8 Å². The van der Waals surface area contributed by atoms with Crippen molar-refractivity contribution in [2.24, 2.45) is 0 Å². The van der Waals surface area contributed by atoms with Crippen molar-refractivity contribution in [2.75, 3.05) is 26.3 Å². The lowest BCUT2D eigenvalue weighted by Gasteiger charge is -2.27. The number of nitrogens with zero attached hydrogens (tertiary/aromatic N) is 1. The minimum Gasteiger partial charge on any atom is -0.381 e. The fourth-order valence-electron chi connectivity index (χ4n) is 2.90. The molecular formula is C17H22N2O4S. The van der Waals surface area contributed by atoms with E-state index < -0.39 is 15.7 Å². The molecule has 1 aromatic carbocycles. The van der Waals surface area contributed by atoms with E-state index in [2.05, 4.69) is 5.32 Å². The normalized spacial score (nSPS) is 20.7. The lowest BCUT2D eigenvalue weighted by atomic mass is 10.1. The van der Waals surface area contributed by atoms with Gasteiger partial charge in [0, 0.05) is 24.7 Å². The lowest BCUT2D eigenvalue weighted by molar-refractivity contribution is -0.130. The zero-order valence-corrected chi connectivity index (χ0v) is 14.7. The first-order valence-corrected chi connectivity index (χ1v) is 9.67. The van der Waals surface area contributed by atoms with Crippen LogP contribution >= 0.6 is 0 Å². The maximum atomic E-state index is 13.0. The Balaban J connectivity index is 2.10. The van der Waals surface area contributed by atoms with E-state index in [1.165, 1.54) is 0 Å². The highest BCUT2D eigenvalue weighted by molar-refractivity contribution is 7.97. The fraction of sp³-hybridized carbons (Fsp3) is 0.471. The topological polar surface area (TPSA) is 75.7 Å². The minimum atomic E-state index is -3.81. The van der Waals surface area contributed by atoms with Gasteiger partial charge in [0.25, 0.3) is 5.91 Å². The molecule has 2 aliphatic rings. The standard InChI is InChI=1S/C17H22N2O4S/c1-3-12(2)18-15-13-6-4-5-7-14(13)24(21,22)16(15)17(20)19-8-10-23-11-9-19/h4-7,12,18H,3,8-11H2,1-2H3. The molecule has 130 valence electrons. The third-order valence-corrected chi connectivity index (χ3v) is 6.29. The molecule has 0 saturated carbocycles. The van der Waals surface area contributed by atoms with Crippen molar-refractivity contribution in [3.63, 3.8) is 0 Å². The summed E-state index contributed by atoms with van der Waals surface area (Å²) in [6.07, 6.45) is 0.824. The molecule has 1 amide bonds. The van der Waals surface area contributed by atoms with Crippen LogP contribution in [0.4, 0.5) is 0 Å². The molecule has 2 heterocycles. The summed E-state index contributed by atoms with van der Waals surface area (Å²) in [5, 5.41) is 3.23. The molecule has 1 N–H and O–H groups in total. The van der Waals surface area contributed by atoms with Crippen LogP contribution in [0.1, 0.15) is 25.8 Å². The number of fused-ring (bicyclic) bond motifs is 1. The summed E-state index contributed by atoms with van der Waals surface area (Å²) in [6.45, 7) is 5.66. The number of benzene rings is 1. The second-order valence-corrected chi connectivity index (χ2v) is 7.92. The molecule has 0 spiro atoms. The van der Waals surface area contributed by atoms with Crippen LogP contribution in [0.3, 0.4) is 0 Å². The molecule has 0 radical (unpaired) electrons. The molecule has 24 heavy (non-hydrogen) atoms. The number of carbonyl (C=O) groups excluding carboxylic acids is 1. The van der Waals surface area contributed by atoms with Crippen molar-refractivity contribution in [2.45, 2.75) is 31.2 Å². The number of morpholine rings is 1. The smallest absolute Gasteiger partial charge is 0.268 e. The van der Waals surface area contributed by atoms with Gasteiger partial charge in [0.1, 0.15) is 0 Å². The van der Waals surface area contributed by atoms with Crippen molar-refractivity contribution in [3.8, 4) is 0 Å². The summed E-state index contributed by atoms with van der Waals surface area (Å²) in [5.74, 6) is -0.444. The minimum absolute atomic E-state index is 0.0637. The molecule has 1 fully saturated rings. The number of sulfone groups is 1. The number of carbonyl (C=O) groups is 1. The molecule has 6 nitrogen and oxygen atoms in total. The van der Waals surface area contributed by atoms with Crippen LogP contribution in [0.2, 0.25) is 0 Å². The van der Waals surface area contributed by atoms with E-state index in [4.69, 9.17) is 4.74 Å². The molecule has 0 aromatic heterocycles. The Morgan fingerprint density at radius 2 is 1.96 bits per heavy atom. The molecule has 0 bridgehead atoms. The number of hydrogen-bond acceptors (Lipinski definition) is 5. The summed E-state index contributed by atoms with van der Waals surface area (Å²) in [6, 6.07) is 6.84. The molecular weight excluding hydrogens is 328 g/mol. The second-order valence-electron chi connectivity index (χ2n) is 6.06. The van der Waals surface area contributed by atoms with Crippen molar-refractivity contribution < 1.29 is 17.9 Å². The average Bonchev–Trinajstić information content (AvgIpc) is 2.82. The SMILES string of the molecule is CCC(C)NC1=C(C(=O)N2CCOCC2)S(=O)(=O)c2ccccc21. The van der Waals surface area contributed by atoms with Gasteiger partial charge in [0.2, 0.25) is 9.84 Å². The Labute approximate surface area is 142 Å². The van der Waals surface area contributed by atoms with E-state index in [1.54, 1.807) is 29.2 Å². The molecule has 7 heteroatoms. The fourth-order valence-corrected chi connectivity index (χ4v) is 4.63. The van der Waals surface area contributed by atoms with Gasteiger partial charge in [0.15, 0.2) is 4.91 Å². The monoisotopic (exact) mass is 350 g/mol. The Morgan fingerprint density at radius 1 is 1.29 bits per heavy atom. The number of amides is 1. The number of rotatable bonds is 4. The second kappa shape index (κ2) is 6.57. The molecule has 3 rings (SSSR count). The van der Waals surface area contributed by atoms with Crippen molar-refractivity contribution in [1.82, 2.24) is 10.2 Å². The van der Waals surface area contributed by atoms with Gasteiger partial charge < -0.3 is 15.0 Å². The Bertz CT molecular complexity index is 780. The molecule has 2 aliphatic heterocycles. The third-order valence-electron chi connectivity index (χ3n) is 4.44. The van der Waals surface area contributed by atoms with E-state index in [9.17, 15) is 13.2 Å². The van der Waals surface area contributed by atoms with Crippen molar-refractivity contribution in [1.29, 1.82) is 0 Å². The van der Waals surface area contributed by atoms with Gasteiger partial charge in [-0.1, -0.05) is 25.1 Å². The number of ether oxygens (including phenoxy) is 1. The van der Waals surface area contributed by atoms with E-state index in [0.717, 1.165) is 6.42 Å². The summed E-state index contributed by atoms with van der Waals surface area (Å²) in [7, 11) is -3.81. The molecule has 1 aromatic rings. The van der Waals surface area contributed by atoms with Crippen LogP contribution in [0.15, 0.2) is 34.1 Å². The van der Waals surface area contributed by atoms with Gasteiger partial charge in [-0.2, -0.15) is 0 Å². The van der Waals surface area contributed by atoms with E-state index in [-0.39, 0.29) is 15.8 Å². The quantitative estimate of drug-likeness (QED) is 0.888. The van der Waals surface area contributed by atoms with Gasteiger partial charge >= 0.3 is 0 Å². The van der Waals surface area contributed by atoms with Crippen LogP contribution in [-0.2, 0) is 19.4 Å². The molecule has 1 saturated heterocycles. The maximum absolute atomic E-state index is 13.0. The highest BCUT2D eigenvalue weighted by Gasteiger charge is 2.42. The molecule has 1 unspecified atom stereocenters. The highest BCUT2D eigenvalue weighted by Crippen LogP contribution is 2.38. The summed E-state index contributed by atoms with van der Waals surface area (Å²) in [4.78, 5) is 14.6. The van der Waals surface area contributed by atoms with E-state index >= 15 is 0 Å². The van der Waals surface area contributed by atoms with Crippen LogP contribution in [-0.4, -0.2) is 51.6 Å². The first-order valence-electron chi connectivity index (χ1n) is 8.19. The number of nitrogens with one attached hydrogen (secondary N) is 1. The summed E-state index contributed by atoms with van der Waals surface area (Å²) in [5.41, 5.74) is 1.01. The number of hydrogen-bond donors (Lipinski definition) is 1. The van der Waals surface area contributed by atoms with Crippen LogP contribution < -0.4 is 5.32 Å². The predicted octanol–water partition coefficient (Wildman–Crippen LogP) is 1.39. The Morgan fingerprint density at radius 3 is 2.62 bits per heavy atom. The van der Waals surface area contributed by atoms with Gasteiger partial charge in [0.05, 0.1) is 23.8 Å². The third kappa shape index (κ3) is 2.82. The maximum Gasteiger partial charge on any atom is 0.268 e. The van der Waals surface area contributed by atoms with Crippen molar-refractivity contribution >= 4 is 21.4 Å². The largest absolute Gasteiger partial charge is 0.381 e. The molecule has 1 atom stereocenters. The van der Waals surface area contributed by atoms with Crippen LogP contribution in [0.25, 0.3) is 5.70 Å². The summed E-state index contributed by atoms with van der Waals surface area (Å²) < 4.78 is 31.2. The first-order chi connectivity index (χ1) is 11.5. The molecule has 0 aliphatic carbocycles. The average molecular weight is 350 g/mol. The highest BCUT2D eigenvalue weighted by atomic mass is 32.2. The summed E-state index contributed by atoms with van der Waals surface area (Å²) >= 11 is 0. The van der Waals surface area contributed by atoms with Crippen molar-refractivity contribution in [3.05, 3.63) is 34.7 Å². The van der Waals surface area contributed by atoms with Gasteiger partial charge in [-0.25, -0.2) is 8.42 Å². The zero-order valence-electron chi connectivity index (χ0n) is 13.9. The van der Waals surface area contributed by atoms with Gasteiger partial charge in [-0.15, -0.1) is 0 Å².